The molecule has 0 bridgehead atoms. The molecule has 0 spiro atoms. The van der Waals surface area contributed by atoms with Crippen molar-refractivity contribution < 1.29 is 9.84 Å². The van der Waals surface area contributed by atoms with Crippen molar-refractivity contribution in [3.8, 4) is 22.6 Å². The van der Waals surface area contributed by atoms with Crippen LogP contribution in [-0.2, 0) is 0 Å². The molecule has 1 atom stereocenters. The molecule has 122 valence electrons. The van der Waals surface area contributed by atoms with Crippen LogP contribution in [0, 0.1) is 0 Å². The van der Waals surface area contributed by atoms with E-state index in [1.807, 2.05) is 60.7 Å². The van der Waals surface area contributed by atoms with Crippen LogP contribution in [0.1, 0.15) is 16.4 Å². The lowest BCUT2D eigenvalue weighted by atomic mass is 9.96. The number of rotatable bonds is 4. The number of aromatic hydroxyl groups is 1. The lowest BCUT2D eigenvalue weighted by molar-refractivity contribution is 0.414. The molecule has 4 heteroatoms. The Morgan fingerprint density at radius 1 is 0.958 bits per heavy atom. The monoisotopic (exact) mass is 337 g/mol. The first-order chi connectivity index (χ1) is 11.6. The Hall–Kier alpha value is -2.59. The molecule has 3 nitrogen and oxygen atoms in total. The van der Waals surface area contributed by atoms with Crippen LogP contribution in [0.4, 0.5) is 5.69 Å². The third-order valence-corrected chi connectivity index (χ3v) is 4.58. The highest BCUT2D eigenvalue weighted by Gasteiger charge is 2.17. The van der Waals surface area contributed by atoms with Gasteiger partial charge < -0.3 is 15.6 Å². The quantitative estimate of drug-likeness (QED) is 0.368. The average Bonchev–Trinajstić information content (AvgIpc) is 2.64. The summed E-state index contributed by atoms with van der Waals surface area (Å²) in [7, 11) is 1.63. The number of hydrogen-bond acceptors (Lipinski definition) is 4. The van der Waals surface area contributed by atoms with Crippen LogP contribution >= 0.6 is 12.6 Å². The maximum Gasteiger partial charge on any atom is 0.143 e. The molecule has 0 saturated heterocycles. The topological polar surface area (TPSA) is 55.5 Å². The van der Waals surface area contributed by atoms with E-state index in [1.165, 1.54) is 0 Å². The van der Waals surface area contributed by atoms with Gasteiger partial charge in [0.25, 0.3) is 0 Å². The summed E-state index contributed by atoms with van der Waals surface area (Å²) in [6.07, 6.45) is 0. The van der Waals surface area contributed by atoms with Crippen molar-refractivity contribution in [2.45, 2.75) is 5.25 Å². The second-order valence-electron chi connectivity index (χ2n) is 5.55. The van der Waals surface area contributed by atoms with Crippen LogP contribution in [-0.4, -0.2) is 12.2 Å². The molecule has 3 rings (SSSR count). The Morgan fingerprint density at radius 2 is 1.62 bits per heavy atom. The Labute approximate surface area is 147 Å². The third-order valence-electron chi connectivity index (χ3n) is 4.00. The minimum atomic E-state index is -0.290. The summed E-state index contributed by atoms with van der Waals surface area (Å²) in [5.41, 5.74) is 10.00. The van der Waals surface area contributed by atoms with Crippen molar-refractivity contribution in [3.05, 3.63) is 77.9 Å². The van der Waals surface area contributed by atoms with Crippen LogP contribution < -0.4 is 10.5 Å². The van der Waals surface area contributed by atoms with Gasteiger partial charge in [0, 0.05) is 5.56 Å². The van der Waals surface area contributed by atoms with Gasteiger partial charge in [-0.3, -0.25) is 0 Å². The normalized spacial score (nSPS) is 11.9. The minimum absolute atomic E-state index is 0.0745. The molecular weight excluding hydrogens is 318 g/mol. The molecule has 0 radical (unpaired) electrons. The van der Waals surface area contributed by atoms with E-state index >= 15 is 0 Å². The predicted molar refractivity (Wildman–Crippen MR) is 102 cm³/mol. The molecule has 0 amide bonds. The first-order valence-electron chi connectivity index (χ1n) is 7.60. The van der Waals surface area contributed by atoms with Crippen molar-refractivity contribution in [2.75, 3.05) is 12.8 Å². The van der Waals surface area contributed by atoms with E-state index in [1.54, 1.807) is 13.2 Å². The lowest BCUT2D eigenvalue weighted by Crippen LogP contribution is -1.98. The maximum absolute atomic E-state index is 10.4. The van der Waals surface area contributed by atoms with Crippen LogP contribution in [0.25, 0.3) is 11.1 Å². The van der Waals surface area contributed by atoms with Gasteiger partial charge in [-0.05, 0) is 41.0 Å². The number of phenolic OH excluding ortho intramolecular Hbond substituents is 1. The molecular formula is C20H19NO2S. The number of anilines is 1. The Bertz CT molecular complexity index is 832. The van der Waals surface area contributed by atoms with E-state index in [0.29, 0.717) is 11.3 Å². The van der Waals surface area contributed by atoms with Gasteiger partial charge in [-0.1, -0.05) is 42.5 Å². The molecule has 3 N–H and O–H groups in total. The van der Waals surface area contributed by atoms with E-state index in [2.05, 4.69) is 0 Å². The summed E-state index contributed by atoms with van der Waals surface area (Å²) in [5, 5.41) is 10.1. The summed E-state index contributed by atoms with van der Waals surface area (Å²) in [6, 6.07) is 21.3. The third kappa shape index (κ3) is 3.19. The number of hydrogen-bond donors (Lipinski definition) is 3. The number of nitrogen functional groups attached to an aromatic ring is 1. The highest BCUT2D eigenvalue weighted by molar-refractivity contribution is 7.80. The SMILES string of the molecule is COc1ccc(C(S)c2cc(-c3ccccc3)cc(N)c2O)cc1. The fourth-order valence-electron chi connectivity index (χ4n) is 2.65. The van der Waals surface area contributed by atoms with Gasteiger partial charge >= 0.3 is 0 Å². The summed E-state index contributed by atoms with van der Waals surface area (Å²) in [5.74, 6) is 0.853. The smallest absolute Gasteiger partial charge is 0.143 e. The standard InChI is InChI=1S/C20H19NO2S/c1-23-16-9-7-14(8-10-16)20(24)17-11-15(12-18(21)19(17)22)13-5-3-2-4-6-13/h2-12,20,22,24H,21H2,1H3. The fourth-order valence-corrected chi connectivity index (χ4v) is 3.02. The van der Waals surface area contributed by atoms with Gasteiger partial charge in [-0.25, -0.2) is 0 Å². The zero-order chi connectivity index (χ0) is 17.1. The summed E-state index contributed by atoms with van der Waals surface area (Å²) < 4.78 is 5.18. The second-order valence-corrected chi connectivity index (χ2v) is 6.06. The zero-order valence-electron chi connectivity index (χ0n) is 13.3. The number of thiol groups is 1. The van der Waals surface area contributed by atoms with E-state index < -0.39 is 0 Å². The first kappa shape index (κ1) is 16.3. The van der Waals surface area contributed by atoms with E-state index in [4.69, 9.17) is 23.1 Å². The molecule has 0 heterocycles. The Morgan fingerprint density at radius 3 is 2.25 bits per heavy atom. The zero-order valence-corrected chi connectivity index (χ0v) is 14.2. The molecule has 0 aliphatic rings. The molecule has 3 aromatic carbocycles. The van der Waals surface area contributed by atoms with Crippen molar-refractivity contribution in [3.63, 3.8) is 0 Å². The summed E-state index contributed by atoms with van der Waals surface area (Å²) in [4.78, 5) is 0. The lowest BCUT2D eigenvalue weighted by Gasteiger charge is -2.17. The van der Waals surface area contributed by atoms with E-state index in [0.717, 1.165) is 22.4 Å². The van der Waals surface area contributed by atoms with Gasteiger partial charge in [0.1, 0.15) is 11.5 Å². The molecule has 0 saturated carbocycles. The number of benzene rings is 3. The predicted octanol–water partition coefficient (Wildman–Crippen LogP) is 4.67. The van der Waals surface area contributed by atoms with E-state index in [9.17, 15) is 5.11 Å². The van der Waals surface area contributed by atoms with Crippen LogP contribution in [0.2, 0.25) is 0 Å². The number of phenols is 1. The van der Waals surface area contributed by atoms with Gasteiger partial charge in [-0.15, -0.1) is 0 Å². The van der Waals surface area contributed by atoms with Crippen LogP contribution in [0.3, 0.4) is 0 Å². The molecule has 0 aliphatic carbocycles. The largest absolute Gasteiger partial charge is 0.505 e. The van der Waals surface area contributed by atoms with E-state index in [-0.39, 0.29) is 11.0 Å². The molecule has 1 unspecified atom stereocenters. The van der Waals surface area contributed by atoms with Gasteiger partial charge in [-0.2, -0.15) is 12.6 Å². The molecule has 24 heavy (non-hydrogen) atoms. The average molecular weight is 337 g/mol. The van der Waals surface area contributed by atoms with Crippen molar-refractivity contribution in [1.82, 2.24) is 0 Å². The van der Waals surface area contributed by atoms with Crippen molar-refractivity contribution in [1.29, 1.82) is 0 Å². The van der Waals surface area contributed by atoms with Crippen molar-refractivity contribution in [2.24, 2.45) is 0 Å². The Kier molecular flexibility index (Phi) is 4.67. The van der Waals surface area contributed by atoms with Crippen LogP contribution in [0.15, 0.2) is 66.7 Å². The molecule has 0 aliphatic heterocycles. The highest BCUT2D eigenvalue weighted by atomic mass is 32.1. The van der Waals surface area contributed by atoms with Crippen molar-refractivity contribution >= 4 is 18.3 Å². The number of methoxy groups -OCH3 is 1. The first-order valence-corrected chi connectivity index (χ1v) is 8.11. The number of nitrogens with two attached hydrogens (primary N) is 1. The molecule has 0 aromatic heterocycles. The van der Waals surface area contributed by atoms with Crippen LogP contribution in [0.5, 0.6) is 11.5 Å². The summed E-state index contributed by atoms with van der Waals surface area (Å²) >= 11 is 4.69. The molecule has 3 aromatic rings. The fraction of sp³-hybridized carbons (Fsp3) is 0.100. The molecule has 0 fully saturated rings. The highest BCUT2D eigenvalue weighted by Crippen LogP contribution is 2.40. The second kappa shape index (κ2) is 6.89. The van der Waals surface area contributed by atoms with Gasteiger partial charge in [0.2, 0.25) is 0 Å². The Balaban J connectivity index is 2.04. The van der Waals surface area contributed by atoms with Gasteiger partial charge in [0.05, 0.1) is 18.0 Å². The minimum Gasteiger partial charge on any atom is -0.505 e. The summed E-state index contributed by atoms with van der Waals surface area (Å²) in [6.45, 7) is 0. The van der Waals surface area contributed by atoms with Gasteiger partial charge in [0.15, 0.2) is 0 Å². The number of ether oxygens (including phenoxy) is 1. The maximum atomic E-state index is 10.4.